The molecule has 0 aliphatic rings. The van der Waals surface area contributed by atoms with Crippen molar-refractivity contribution in [3.63, 3.8) is 0 Å². The summed E-state index contributed by atoms with van der Waals surface area (Å²) < 4.78 is 6.73. The number of benzene rings is 9. The monoisotopic (exact) mass is 663 g/mol. The molecule has 0 aliphatic carbocycles. The Morgan fingerprint density at radius 2 is 0.942 bits per heavy atom. The van der Waals surface area contributed by atoms with Crippen molar-refractivity contribution in [2.45, 2.75) is 0 Å². The van der Waals surface area contributed by atoms with E-state index >= 15 is 0 Å². The zero-order chi connectivity index (χ0) is 34.4. The molecule has 0 saturated heterocycles. The van der Waals surface area contributed by atoms with E-state index in [1.165, 1.54) is 33.0 Å². The molecular weight excluding hydrogens is 631 g/mol. The zero-order valence-corrected chi connectivity index (χ0v) is 28.4. The lowest BCUT2D eigenvalue weighted by Crippen LogP contribution is -2.10. The minimum atomic E-state index is 0.886. The van der Waals surface area contributed by atoms with Crippen LogP contribution < -0.4 is 4.90 Å². The van der Waals surface area contributed by atoms with Crippen LogP contribution in [0.4, 0.5) is 17.1 Å². The Morgan fingerprint density at radius 3 is 1.73 bits per heavy atom. The number of furan rings is 1. The van der Waals surface area contributed by atoms with Crippen LogP contribution >= 0.6 is 0 Å². The Bertz CT molecular complexity index is 2890. The smallest absolute Gasteiger partial charge is 0.143 e. The van der Waals surface area contributed by atoms with Crippen LogP contribution in [-0.2, 0) is 0 Å². The Balaban J connectivity index is 1.22. The van der Waals surface area contributed by atoms with Gasteiger partial charge in [0.25, 0.3) is 0 Å². The maximum atomic E-state index is 6.73. The molecule has 0 fully saturated rings. The number of rotatable bonds is 6. The first-order chi connectivity index (χ1) is 25.8. The summed E-state index contributed by atoms with van der Waals surface area (Å²) in [6.07, 6.45) is 0. The van der Waals surface area contributed by atoms with Gasteiger partial charge in [-0.05, 0) is 80.6 Å². The summed E-state index contributed by atoms with van der Waals surface area (Å²) in [5.74, 6) is 0. The lowest BCUT2D eigenvalue weighted by Gasteiger charge is -2.28. The normalized spacial score (nSPS) is 11.5. The molecule has 9 aromatic carbocycles. The van der Waals surface area contributed by atoms with E-state index in [0.717, 1.165) is 60.9 Å². The van der Waals surface area contributed by atoms with Crippen LogP contribution in [0.3, 0.4) is 0 Å². The van der Waals surface area contributed by atoms with E-state index in [1.54, 1.807) is 0 Å². The zero-order valence-electron chi connectivity index (χ0n) is 28.4. The highest BCUT2D eigenvalue weighted by Crippen LogP contribution is 2.47. The van der Waals surface area contributed by atoms with Crippen molar-refractivity contribution < 1.29 is 4.42 Å². The van der Waals surface area contributed by atoms with E-state index in [9.17, 15) is 0 Å². The quantitative estimate of drug-likeness (QED) is 0.176. The fourth-order valence-corrected chi connectivity index (χ4v) is 7.73. The largest absolute Gasteiger partial charge is 0.455 e. The molecular formula is C50H33NO. The SMILES string of the molecule is c1ccc(-c2ccc(-c3cccc(N(c4ccc5ccccc5c4)c4cc5c(oc6cccc(-c7ccccc7)c65)c5ccccc45)c3)cc2)cc1. The van der Waals surface area contributed by atoms with Gasteiger partial charge in [0, 0.05) is 32.9 Å². The number of hydrogen-bond donors (Lipinski definition) is 0. The van der Waals surface area contributed by atoms with Gasteiger partial charge in [0.15, 0.2) is 0 Å². The molecule has 0 amide bonds. The Hall–Kier alpha value is -6.90. The van der Waals surface area contributed by atoms with Crippen molar-refractivity contribution >= 4 is 60.5 Å². The van der Waals surface area contributed by atoms with Gasteiger partial charge in [-0.15, -0.1) is 0 Å². The van der Waals surface area contributed by atoms with Crippen LogP contribution in [0.25, 0.3) is 76.9 Å². The average Bonchev–Trinajstić information content (AvgIpc) is 3.61. The lowest BCUT2D eigenvalue weighted by atomic mass is 9.96. The summed E-state index contributed by atoms with van der Waals surface area (Å²) in [7, 11) is 0. The number of anilines is 3. The van der Waals surface area contributed by atoms with Gasteiger partial charge in [-0.25, -0.2) is 0 Å². The average molecular weight is 664 g/mol. The van der Waals surface area contributed by atoms with E-state index in [-0.39, 0.29) is 0 Å². The van der Waals surface area contributed by atoms with Crippen molar-refractivity contribution in [2.75, 3.05) is 4.90 Å². The topological polar surface area (TPSA) is 16.4 Å². The molecule has 0 radical (unpaired) electrons. The van der Waals surface area contributed by atoms with Gasteiger partial charge in [-0.1, -0.05) is 164 Å². The fourth-order valence-electron chi connectivity index (χ4n) is 7.73. The highest BCUT2D eigenvalue weighted by molar-refractivity contribution is 6.22. The van der Waals surface area contributed by atoms with Crippen LogP contribution in [0.2, 0.25) is 0 Å². The first-order valence-corrected chi connectivity index (χ1v) is 17.8. The second-order valence-corrected chi connectivity index (χ2v) is 13.3. The molecule has 0 N–H and O–H groups in total. The van der Waals surface area contributed by atoms with Gasteiger partial charge in [-0.2, -0.15) is 0 Å². The van der Waals surface area contributed by atoms with Gasteiger partial charge in [0.1, 0.15) is 11.2 Å². The summed E-state index contributed by atoms with van der Waals surface area (Å²) in [6, 6.07) is 71.7. The molecule has 244 valence electrons. The van der Waals surface area contributed by atoms with Crippen LogP contribution in [0.1, 0.15) is 0 Å². The third kappa shape index (κ3) is 5.12. The summed E-state index contributed by atoms with van der Waals surface area (Å²) in [5, 5.41) is 6.85. The van der Waals surface area contributed by atoms with Gasteiger partial charge >= 0.3 is 0 Å². The summed E-state index contributed by atoms with van der Waals surface area (Å²) in [5.41, 5.74) is 12.2. The van der Waals surface area contributed by atoms with Crippen molar-refractivity contribution in [1.29, 1.82) is 0 Å². The summed E-state index contributed by atoms with van der Waals surface area (Å²) >= 11 is 0. The molecule has 0 bridgehead atoms. The third-order valence-corrected chi connectivity index (χ3v) is 10.2. The Morgan fingerprint density at radius 1 is 0.346 bits per heavy atom. The van der Waals surface area contributed by atoms with Crippen LogP contribution in [0, 0.1) is 0 Å². The second kappa shape index (κ2) is 12.5. The molecule has 1 aromatic heterocycles. The highest BCUT2D eigenvalue weighted by Gasteiger charge is 2.22. The van der Waals surface area contributed by atoms with Gasteiger partial charge in [0.2, 0.25) is 0 Å². The maximum absolute atomic E-state index is 6.73. The minimum absolute atomic E-state index is 0.886. The molecule has 1 heterocycles. The predicted molar refractivity (Wildman–Crippen MR) is 220 cm³/mol. The molecule has 2 heteroatoms. The van der Waals surface area contributed by atoms with Crippen LogP contribution in [0.5, 0.6) is 0 Å². The molecule has 10 rings (SSSR count). The fraction of sp³-hybridized carbons (Fsp3) is 0. The van der Waals surface area contributed by atoms with Crippen molar-refractivity contribution in [3.05, 3.63) is 200 Å². The molecule has 0 spiro atoms. The molecule has 0 saturated carbocycles. The van der Waals surface area contributed by atoms with E-state index in [2.05, 4.69) is 205 Å². The van der Waals surface area contributed by atoms with Crippen molar-refractivity contribution in [3.8, 4) is 33.4 Å². The molecule has 52 heavy (non-hydrogen) atoms. The highest BCUT2D eigenvalue weighted by atomic mass is 16.3. The van der Waals surface area contributed by atoms with E-state index in [0.29, 0.717) is 0 Å². The molecule has 0 aliphatic heterocycles. The second-order valence-electron chi connectivity index (χ2n) is 13.3. The maximum Gasteiger partial charge on any atom is 0.143 e. The molecule has 0 unspecified atom stereocenters. The van der Waals surface area contributed by atoms with Gasteiger partial charge < -0.3 is 9.32 Å². The van der Waals surface area contributed by atoms with E-state index < -0.39 is 0 Å². The van der Waals surface area contributed by atoms with E-state index in [1.807, 2.05) is 0 Å². The molecule has 0 atom stereocenters. The van der Waals surface area contributed by atoms with Crippen LogP contribution in [-0.4, -0.2) is 0 Å². The number of hydrogen-bond acceptors (Lipinski definition) is 2. The van der Waals surface area contributed by atoms with Crippen molar-refractivity contribution in [1.82, 2.24) is 0 Å². The Kier molecular flexibility index (Phi) is 7.18. The first kappa shape index (κ1) is 30.0. The molecule has 10 aromatic rings. The molecule has 2 nitrogen and oxygen atoms in total. The Labute approximate surface area is 302 Å². The lowest BCUT2D eigenvalue weighted by molar-refractivity contribution is 0.673. The predicted octanol–water partition coefficient (Wildman–Crippen LogP) is 14.4. The van der Waals surface area contributed by atoms with Crippen LogP contribution in [0.15, 0.2) is 205 Å². The van der Waals surface area contributed by atoms with Gasteiger partial charge in [0.05, 0.1) is 5.69 Å². The van der Waals surface area contributed by atoms with E-state index in [4.69, 9.17) is 4.42 Å². The third-order valence-electron chi connectivity index (χ3n) is 10.2. The van der Waals surface area contributed by atoms with Gasteiger partial charge in [-0.3, -0.25) is 0 Å². The van der Waals surface area contributed by atoms with Crippen molar-refractivity contribution in [2.24, 2.45) is 0 Å². The number of fused-ring (bicyclic) bond motifs is 6. The first-order valence-electron chi connectivity index (χ1n) is 17.8. The summed E-state index contributed by atoms with van der Waals surface area (Å²) in [4.78, 5) is 2.42. The number of nitrogens with zero attached hydrogens (tertiary/aromatic N) is 1. The summed E-state index contributed by atoms with van der Waals surface area (Å²) in [6.45, 7) is 0. The minimum Gasteiger partial charge on any atom is -0.455 e. The standard InChI is InChI=1S/C50H33NO/c1-3-13-34(14-4-1)36-25-27-37(28-26-36)40-19-11-20-41(31-40)51(42-30-29-35-15-7-8-18-39(35)32-42)47-33-46-49-43(38-16-5-2-6-17-38)23-12-24-48(49)52-50(46)45-22-10-9-21-44(45)47/h1-33H.